The molecule has 152 valence electrons. The van der Waals surface area contributed by atoms with E-state index in [0.29, 0.717) is 11.4 Å². The number of ether oxygens (including phenoxy) is 1. The summed E-state index contributed by atoms with van der Waals surface area (Å²) in [6.45, 7) is 1.64. The lowest BCUT2D eigenvalue weighted by Gasteiger charge is -2.13. The number of nitrogens with one attached hydrogen (secondary N) is 1. The molecule has 1 aromatic heterocycles. The Morgan fingerprint density at radius 3 is 2.68 bits per heavy atom. The topological polar surface area (TPSA) is 73.2 Å². The lowest BCUT2D eigenvalue weighted by atomic mass is 10.2. The lowest BCUT2D eigenvalue weighted by molar-refractivity contribution is -0.138. The third-order valence-electron chi connectivity index (χ3n) is 3.52. The van der Waals surface area contributed by atoms with Gasteiger partial charge in [-0.05, 0) is 25.1 Å². The predicted molar refractivity (Wildman–Crippen MR) is 101 cm³/mol. The van der Waals surface area contributed by atoms with Crippen LogP contribution in [-0.2, 0) is 20.5 Å². The molecule has 1 aromatic carbocycles. The minimum absolute atomic E-state index is 0.0000390. The summed E-state index contributed by atoms with van der Waals surface area (Å²) in [5, 5.41) is 6.80. The highest BCUT2D eigenvalue weighted by Gasteiger charge is 2.31. The number of amides is 1. The number of carbonyl (C=O) groups is 2. The second-order valence-electron chi connectivity index (χ2n) is 5.67. The maximum atomic E-state index is 13.0. The molecule has 11 heteroatoms. The molecule has 0 fully saturated rings. The first kappa shape index (κ1) is 22.1. The number of alkyl halides is 3. The van der Waals surface area contributed by atoms with Crippen LogP contribution < -0.4 is 5.32 Å². The zero-order valence-electron chi connectivity index (χ0n) is 15.0. The number of benzene rings is 1. The normalized spacial score (nSPS) is 11.4. The second kappa shape index (κ2) is 9.33. The van der Waals surface area contributed by atoms with Crippen molar-refractivity contribution in [1.29, 1.82) is 0 Å². The Balaban J connectivity index is 2.15. The van der Waals surface area contributed by atoms with E-state index in [1.807, 2.05) is 0 Å². The maximum absolute atomic E-state index is 13.0. The van der Waals surface area contributed by atoms with E-state index in [1.54, 1.807) is 6.92 Å². The summed E-state index contributed by atoms with van der Waals surface area (Å²) < 4.78 is 44.7. The summed E-state index contributed by atoms with van der Waals surface area (Å²) in [4.78, 5) is 23.2. The fourth-order valence-electron chi connectivity index (χ4n) is 2.21. The number of rotatable bonds is 7. The smallest absolute Gasteiger partial charge is 0.416 e. The van der Waals surface area contributed by atoms with Crippen molar-refractivity contribution in [3.05, 3.63) is 40.5 Å². The van der Waals surface area contributed by atoms with Gasteiger partial charge in [-0.15, -0.1) is 11.8 Å². The second-order valence-corrected chi connectivity index (χ2v) is 7.19. The van der Waals surface area contributed by atoms with Crippen LogP contribution in [0, 0.1) is 6.92 Å². The Kier molecular flexibility index (Phi) is 7.36. The van der Waals surface area contributed by atoms with Gasteiger partial charge in [-0.1, -0.05) is 11.6 Å². The van der Waals surface area contributed by atoms with E-state index < -0.39 is 17.7 Å². The Bertz CT molecular complexity index is 871. The van der Waals surface area contributed by atoms with E-state index in [2.05, 4.69) is 15.2 Å². The largest absolute Gasteiger partial charge is 0.468 e. The number of esters is 1. The molecule has 0 saturated heterocycles. The van der Waals surface area contributed by atoms with Crippen LogP contribution in [0.5, 0.6) is 0 Å². The monoisotopic (exact) mass is 435 g/mol. The summed E-state index contributed by atoms with van der Waals surface area (Å²) in [6.07, 6.45) is -4.44. The molecule has 0 atom stereocenters. The highest BCUT2D eigenvalue weighted by atomic mass is 35.5. The number of aryl methyl sites for hydroxylation is 1. The number of hydrogen-bond acceptors (Lipinski definition) is 5. The van der Waals surface area contributed by atoms with Crippen molar-refractivity contribution in [1.82, 2.24) is 9.78 Å². The summed E-state index contributed by atoms with van der Waals surface area (Å²) in [6, 6.07) is 4.40. The molecule has 0 bridgehead atoms. The van der Waals surface area contributed by atoms with Gasteiger partial charge in [-0.25, -0.2) is 4.68 Å². The number of halogens is 4. The molecule has 28 heavy (non-hydrogen) atoms. The van der Waals surface area contributed by atoms with Gasteiger partial charge in [0.15, 0.2) is 0 Å². The first-order valence-corrected chi connectivity index (χ1v) is 9.53. The van der Waals surface area contributed by atoms with E-state index in [-0.39, 0.29) is 34.6 Å². The van der Waals surface area contributed by atoms with E-state index in [1.165, 1.54) is 24.9 Å². The van der Waals surface area contributed by atoms with Crippen LogP contribution in [-0.4, -0.2) is 40.3 Å². The van der Waals surface area contributed by atoms with Crippen LogP contribution in [0.25, 0.3) is 5.69 Å². The summed E-state index contributed by atoms with van der Waals surface area (Å²) >= 11 is 7.29. The molecule has 1 N–H and O–H groups in total. The van der Waals surface area contributed by atoms with Crippen molar-refractivity contribution in [3.63, 3.8) is 0 Å². The van der Waals surface area contributed by atoms with Crippen molar-refractivity contribution >= 4 is 41.1 Å². The summed E-state index contributed by atoms with van der Waals surface area (Å²) in [5.74, 6) is -0.0689. The molecule has 2 aromatic rings. The van der Waals surface area contributed by atoms with Gasteiger partial charge in [-0.2, -0.15) is 18.3 Å². The standard InChI is InChI=1S/C17H17ClF3N3O3S/c1-10-7-14(22-15(25)5-6-28-9-16(26)27-2)24(23-10)13-8-11(17(19,20)21)3-4-12(13)18/h3-4,7-8H,5-6,9H2,1-2H3,(H,22,25). The fourth-order valence-corrected chi connectivity index (χ4v) is 3.16. The van der Waals surface area contributed by atoms with Crippen LogP contribution in [0.3, 0.4) is 0 Å². The van der Waals surface area contributed by atoms with Crippen molar-refractivity contribution < 1.29 is 27.5 Å². The minimum atomic E-state index is -4.54. The molecule has 0 aliphatic heterocycles. The predicted octanol–water partition coefficient (Wildman–Crippen LogP) is 4.09. The van der Waals surface area contributed by atoms with Crippen LogP contribution in [0.15, 0.2) is 24.3 Å². The Hall–Kier alpha value is -2.20. The van der Waals surface area contributed by atoms with E-state index >= 15 is 0 Å². The fraction of sp³-hybridized carbons (Fsp3) is 0.353. The van der Waals surface area contributed by atoms with Gasteiger partial charge in [0.05, 0.1) is 34.8 Å². The van der Waals surface area contributed by atoms with Crippen LogP contribution in [0.1, 0.15) is 17.7 Å². The Labute approximate surface area is 168 Å². The van der Waals surface area contributed by atoms with E-state index in [9.17, 15) is 22.8 Å². The molecular weight excluding hydrogens is 419 g/mol. The molecule has 0 radical (unpaired) electrons. The molecule has 1 amide bonds. The number of nitrogens with zero attached hydrogens (tertiary/aromatic N) is 2. The highest BCUT2D eigenvalue weighted by molar-refractivity contribution is 7.99. The SMILES string of the molecule is COC(=O)CSCCC(=O)Nc1cc(C)nn1-c1cc(C(F)(F)F)ccc1Cl. The van der Waals surface area contributed by atoms with Gasteiger partial charge in [0.2, 0.25) is 5.91 Å². The molecule has 0 spiro atoms. The third-order valence-corrected chi connectivity index (χ3v) is 4.77. The summed E-state index contributed by atoms with van der Waals surface area (Å²) in [5.41, 5.74) is -0.389. The van der Waals surface area contributed by atoms with Gasteiger partial charge in [0, 0.05) is 18.2 Å². The molecule has 2 rings (SSSR count). The average Bonchev–Trinajstić information content (AvgIpc) is 2.97. The van der Waals surface area contributed by atoms with Crippen LogP contribution >= 0.6 is 23.4 Å². The van der Waals surface area contributed by atoms with Gasteiger partial charge in [-0.3, -0.25) is 9.59 Å². The Morgan fingerprint density at radius 1 is 1.32 bits per heavy atom. The number of aromatic nitrogens is 2. The quantitative estimate of drug-likeness (QED) is 0.524. The van der Waals surface area contributed by atoms with Gasteiger partial charge in [0.1, 0.15) is 5.82 Å². The van der Waals surface area contributed by atoms with Crippen molar-refractivity contribution in [2.45, 2.75) is 19.5 Å². The van der Waals surface area contributed by atoms with Crippen LogP contribution in [0.4, 0.5) is 19.0 Å². The first-order chi connectivity index (χ1) is 13.1. The van der Waals surface area contributed by atoms with Crippen molar-refractivity contribution in [3.8, 4) is 5.69 Å². The van der Waals surface area contributed by atoms with Crippen molar-refractivity contribution in [2.24, 2.45) is 0 Å². The number of thioether (sulfide) groups is 1. The van der Waals surface area contributed by atoms with Crippen LogP contribution in [0.2, 0.25) is 5.02 Å². The molecular formula is C17H17ClF3N3O3S. The first-order valence-electron chi connectivity index (χ1n) is 8.00. The minimum Gasteiger partial charge on any atom is -0.468 e. The van der Waals surface area contributed by atoms with Gasteiger partial charge >= 0.3 is 12.1 Å². The molecule has 0 saturated carbocycles. The molecule has 0 aliphatic rings. The molecule has 6 nitrogen and oxygen atoms in total. The molecule has 1 heterocycles. The maximum Gasteiger partial charge on any atom is 0.416 e. The van der Waals surface area contributed by atoms with E-state index in [4.69, 9.17) is 11.6 Å². The van der Waals surface area contributed by atoms with Gasteiger partial charge in [0.25, 0.3) is 0 Å². The molecule has 0 aliphatic carbocycles. The Morgan fingerprint density at radius 2 is 2.04 bits per heavy atom. The lowest BCUT2D eigenvalue weighted by Crippen LogP contribution is -2.16. The average molecular weight is 436 g/mol. The third kappa shape index (κ3) is 5.90. The highest BCUT2D eigenvalue weighted by Crippen LogP contribution is 2.34. The van der Waals surface area contributed by atoms with Crippen molar-refractivity contribution in [2.75, 3.05) is 23.9 Å². The summed E-state index contributed by atoms with van der Waals surface area (Å²) in [7, 11) is 1.28. The molecule has 0 unspecified atom stereocenters. The zero-order chi connectivity index (χ0) is 20.9. The number of methoxy groups -OCH3 is 1. The zero-order valence-corrected chi connectivity index (χ0v) is 16.5. The van der Waals surface area contributed by atoms with E-state index in [0.717, 1.165) is 22.9 Å². The number of anilines is 1. The number of carbonyl (C=O) groups excluding carboxylic acids is 2. The number of hydrogen-bond donors (Lipinski definition) is 1. The van der Waals surface area contributed by atoms with Gasteiger partial charge < -0.3 is 10.1 Å².